The second-order valence-corrected chi connectivity index (χ2v) is 7.48. The number of carbonyl (C=O) groups excluding carboxylic acids is 1. The van der Waals surface area contributed by atoms with Crippen molar-refractivity contribution in [3.8, 4) is 0 Å². The van der Waals surface area contributed by atoms with Gasteiger partial charge in [-0.1, -0.05) is 84.0 Å². The van der Waals surface area contributed by atoms with Gasteiger partial charge in [0.25, 0.3) is 0 Å². The summed E-state index contributed by atoms with van der Waals surface area (Å²) in [5.41, 5.74) is 5.49. The van der Waals surface area contributed by atoms with Crippen LogP contribution in [0.1, 0.15) is 110 Å². The number of carboxylic acid groups (broad SMARTS) is 1. The number of rotatable bonds is 18. The maximum Gasteiger partial charge on any atom is 0.323 e. The van der Waals surface area contributed by atoms with Gasteiger partial charge in [-0.2, -0.15) is 0 Å². The average Bonchev–Trinajstić information content (AvgIpc) is 2.58. The van der Waals surface area contributed by atoms with Crippen LogP contribution in [0.2, 0.25) is 0 Å². The molecule has 0 aromatic heterocycles. The van der Waals surface area contributed by atoms with Crippen LogP contribution >= 0.6 is 0 Å². The predicted octanol–water partition coefficient (Wildman–Crippen LogP) is 5.20. The van der Waals surface area contributed by atoms with Gasteiger partial charge >= 0.3 is 11.9 Å². The lowest BCUT2D eigenvalue weighted by atomic mass is 10.0. The van der Waals surface area contributed by atoms with Gasteiger partial charge in [-0.15, -0.1) is 0 Å². The van der Waals surface area contributed by atoms with Crippen LogP contribution in [0.4, 0.5) is 0 Å². The van der Waals surface area contributed by atoms with E-state index in [1.165, 1.54) is 70.6 Å². The number of aliphatic carboxylic acids is 1. The van der Waals surface area contributed by atoms with Crippen LogP contribution in [0, 0.1) is 0 Å². The second kappa shape index (κ2) is 17.3. The minimum Gasteiger partial charge on any atom is -0.481 e. The Morgan fingerprint density at radius 1 is 0.846 bits per heavy atom. The molecule has 0 heterocycles. The monoisotopic (exact) mass is 371 g/mol. The van der Waals surface area contributed by atoms with Crippen LogP contribution in [-0.4, -0.2) is 29.2 Å². The number of hydrogen-bond donors (Lipinski definition) is 2. The molecule has 0 rings (SSSR count). The first-order valence-electron chi connectivity index (χ1n) is 10.6. The van der Waals surface area contributed by atoms with E-state index in [0.717, 1.165) is 19.3 Å². The molecule has 0 spiro atoms. The van der Waals surface area contributed by atoms with Crippen LogP contribution in [0.25, 0.3) is 0 Å². The summed E-state index contributed by atoms with van der Waals surface area (Å²) in [6.07, 6.45) is 17.2. The van der Waals surface area contributed by atoms with Crippen molar-refractivity contribution < 1.29 is 19.4 Å². The molecule has 0 aliphatic rings. The first-order chi connectivity index (χ1) is 12.5. The van der Waals surface area contributed by atoms with Crippen molar-refractivity contribution in [3.05, 3.63) is 0 Å². The lowest BCUT2D eigenvalue weighted by molar-refractivity contribution is -0.153. The molecule has 0 aliphatic heterocycles. The molecule has 0 aliphatic carbocycles. The average molecular weight is 372 g/mol. The van der Waals surface area contributed by atoms with E-state index in [2.05, 4.69) is 6.92 Å². The van der Waals surface area contributed by atoms with Crippen molar-refractivity contribution in [3.63, 3.8) is 0 Å². The van der Waals surface area contributed by atoms with E-state index in [0.29, 0.717) is 0 Å². The maximum atomic E-state index is 11.6. The first kappa shape index (κ1) is 24.9. The van der Waals surface area contributed by atoms with Crippen molar-refractivity contribution in [1.82, 2.24) is 0 Å². The third-order valence-corrected chi connectivity index (χ3v) is 4.73. The summed E-state index contributed by atoms with van der Waals surface area (Å²) in [6, 6.07) is -1.07. The fraction of sp³-hybridized carbons (Fsp3) is 0.905. The van der Waals surface area contributed by atoms with E-state index in [9.17, 15) is 9.59 Å². The van der Waals surface area contributed by atoms with Gasteiger partial charge in [0.15, 0.2) is 0 Å². The lowest BCUT2D eigenvalue weighted by Crippen LogP contribution is -2.36. The topological polar surface area (TPSA) is 89.6 Å². The van der Waals surface area contributed by atoms with Gasteiger partial charge in [0.05, 0.1) is 12.5 Å². The smallest absolute Gasteiger partial charge is 0.323 e. The molecule has 5 heteroatoms. The Morgan fingerprint density at radius 3 is 1.69 bits per heavy atom. The molecule has 0 bridgehead atoms. The van der Waals surface area contributed by atoms with Crippen LogP contribution in [0.5, 0.6) is 0 Å². The number of nitrogens with two attached hydrogens (primary N) is 1. The fourth-order valence-corrected chi connectivity index (χ4v) is 3.07. The second-order valence-electron chi connectivity index (χ2n) is 7.48. The fourth-order valence-electron chi connectivity index (χ4n) is 3.07. The molecule has 1 unspecified atom stereocenters. The van der Waals surface area contributed by atoms with Crippen molar-refractivity contribution in [1.29, 1.82) is 0 Å². The van der Waals surface area contributed by atoms with E-state index < -0.39 is 18.0 Å². The number of carbonyl (C=O) groups is 2. The van der Waals surface area contributed by atoms with Crippen LogP contribution in [0.15, 0.2) is 0 Å². The number of esters is 1. The Morgan fingerprint density at radius 2 is 1.27 bits per heavy atom. The van der Waals surface area contributed by atoms with Crippen molar-refractivity contribution >= 4 is 11.9 Å². The molecule has 26 heavy (non-hydrogen) atoms. The Kier molecular flexibility index (Phi) is 16.6. The summed E-state index contributed by atoms with van der Waals surface area (Å²) in [7, 11) is 0. The SMILES string of the molecule is CCCCCCCCCCCCCCCC(C)OC(=O)[C@@H](N)CC(=O)O. The molecule has 0 aromatic rings. The van der Waals surface area contributed by atoms with Gasteiger partial charge in [-0.3, -0.25) is 9.59 Å². The van der Waals surface area contributed by atoms with Gasteiger partial charge in [-0.25, -0.2) is 0 Å². The van der Waals surface area contributed by atoms with E-state index >= 15 is 0 Å². The van der Waals surface area contributed by atoms with Gasteiger partial charge in [0, 0.05) is 0 Å². The molecule has 0 amide bonds. The summed E-state index contributed by atoms with van der Waals surface area (Å²) in [5.74, 6) is -1.70. The molecular formula is C21H41NO4. The highest BCUT2D eigenvalue weighted by Crippen LogP contribution is 2.14. The van der Waals surface area contributed by atoms with Gasteiger partial charge in [0.1, 0.15) is 6.04 Å². The predicted molar refractivity (Wildman–Crippen MR) is 106 cm³/mol. The van der Waals surface area contributed by atoms with Crippen molar-refractivity contribution in [2.75, 3.05) is 0 Å². The molecule has 154 valence electrons. The summed E-state index contributed by atoms with van der Waals surface area (Å²) in [5, 5.41) is 8.61. The van der Waals surface area contributed by atoms with E-state index in [1.807, 2.05) is 6.92 Å². The minimum atomic E-state index is -1.08. The Bertz CT molecular complexity index is 360. The zero-order chi connectivity index (χ0) is 19.6. The number of ether oxygens (including phenoxy) is 1. The summed E-state index contributed by atoms with van der Waals surface area (Å²) in [6.45, 7) is 4.09. The third-order valence-electron chi connectivity index (χ3n) is 4.73. The molecule has 3 N–H and O–H groups in total. The summed E-state index contributed by atoms with van der Waals surface area (Å²) in [4.78, 5) is 22.1. The molecular weight excluding hydrogens is 330 g/mol. The molecule has 0 radical (unpaired) electrons. The van der Waals surface area contributed by atoms with Gasteiger partial charge in [0.2, 0.25) is 0 Å². The largest absolute Gasteiger partial charge is 0.481 e. The highest BCUT2D eigenvalue weighted by atomic mass is 16.5. The molecule has 0 saturated heterocycles. The van der Waals surface area contributed by atoms with Crippen LogP contribution < -0.4 is 5.73 Å². The third kappa shape index (κ3) is 16.4. The van der Waals surface area contributed by atoms with Crippen molar-refractivity contribution in [2.24, 2.45) is 5.73 Å². The number of carboxylic acids is 1. The lowest BCUT2D eigenvalue weighted by Gasteiger charge is -2.15. The van der Waals surface area contributed by atoms with E-state index in [4.69, 9.17) is 15.6 Å². The summed E-state index contributed by atoms with van der Waals surface area (Å²) < 4.78 is 5.19. The first-order valence-corrected chi connectivity index (χ1v) is 10.6. The standard InChI is InChI=1S/C21H41NO4/c1-3-4-5-6-7-8-9-10-11-12-13-14-15-16-18(2)26-21(25)19(22)17-20(23)24/h18-19H,3-17,22H2,1-2H3,(H,23,24)/t18?,19-/m0/s1. The Balaban J connectivity index is 3.39. The van der Waals surface area contributed by atoms with E-state index in [-0.39, 0.29) is 12.5 Å². The van der Waals surface area contributed by atoms with Gasteiger partial charge < -0.3 is 15.6 Å². The number of unbranched alkanes of at least 4 members (excludes halogenated alkanes) is 12. The Labute approximate surface area is 160 Å². The summed E-state index contributed by atoms with van der Waals surface area (Å²) >= 11 is 0. The van der Waals surface area contributed by atoms with Crippen LogP contribution in [-0.2, 0) is 14.3 Å². The molecule has 5 nitrogen and oxygen atoms in total. The Hall–Kier alpha value is -1.10. The van der Waals surface area contributed by atoms with Crippen LogP contribution in [0.3, 0.4) is 0 Å². The van der Waals surface area contributed by atoms with Gasteiger partial charge in [-0.05, 0) is 19.8 Å². The minimum absolute atomic E-state index is 0.199. The molecule has 0 fully saturated rings. The molecule has 2 atom stereocenters. The normalized spacial score (nSPS) is 13.3. The zero-order valence-corrected chi connectivity index (χ0v) is 17.0. The number of hydrogen-bond acceptors (Lipinski definition) is 4. The van der Waals surface area contributed by atoms with E-state index in [1.54, 1.807) is 0 Å². The highest BCUT2D eigenvalue weighted by Gasteiger charge is 2.20. The van der Waals surface area contributed by atoms with Crippen molar-refractivity contribution in [2.45, 2.75) is 122 Å². The molecule has 0 aromatic carbocycles. The maximum absolute atomic E-state index is 11.6. The molecule has 0 saturated carbocycles. The quantitative estimate of drug-likeness (QED) is 0.255. The highest BCUT2D eigenvalue weighted by molar-refractivity contribution is 5.81. The zero-order valence-electron chi connectivity index (χ0n) is 17.0.